The Morgan fingerprint density at radius 3 is 2.32 bits per heavy atom. The van der Waals surface area contributed by atoms with Crippen LogP contribution in [0.1, 0.15) is 45.6 Å². The zero-order valence-corrected chi connectivity index (χ0v) is 12.1. The molecule has 1 aromatic heterocycles. The highest BCUT2D eigenvalue weighted by Gasteiger charge is 2.21. The lowest BCUT2D eigenvalue weighted by Gasteiger charge is -2.31. The Balaban J connectivity index is 1.99. The van der Waals surface area contributed by atoms with Crippen LogP contribution in [0.2, 0.25) is 0 Å². The molecule has 0 radical (unpaired) electrons. The molecule has 102 valence electrons. The molecule has 0 bridgehead atoms. The van der Waals surface area contributed by atoms with Gasteiger partial charge in [-0.3, -0.25) is 0 Å². The van der Waals surface area contributed by atoms with E-state index in [2.05, 4.69) is 41.7 Å². The molecule has 1 fully saturated rings. The van der Waals surface area contributed by atoms with Crippen molar-refractivity contribution in [2.45, 2.75) is 45.4 Å². The molecule has 4 nitrogen and oxygen atoms in total. The summed E-state index contributed by atoms with van der Waals surface area (Å²) in [5, 5.41) is 8.72. The molecule has 1 aliphatic rings. The van der Waals surface area contributed by atoms with Gasteiger partial charge in [0.15, 0.2) is 0 Å². The maximum absolute atomic E-state index is 8.72. The fourth-order valence-electron chi connectivity index (χ4n) is 2.34. The largest absolute Gasteiger partial charge is 0.341 e. The highest BCUT2D eigenvalue weighted by atomic mass is 15.2. The van der Waals surface area contributed by atoms with Gasteiger partial charge in [-0.25, -0.2) is 9.97 Å². The van der Waals surface area contributed by atoms with Gasteiger partial charge < -0.3 is 4.90 Å². The Hall–Kier alpha value is -1.63. The van der Waals surface area contributed by atoms with Gasteiger partial charge in [-0.05, 0) is 29.7 Å². The Morgan fingerprint density at radius 2 is 1.84 bits per heavy atom. The van der Waals surface area contributed by atoms with E-state index in [-0.39, 0.29) is 5.41 Å². The van der Waals surface area contributed by atoms with E-state index in [1.165, 1.54) is 0 Å². The van der Waals surface area contributed by atoms with Gasteiger partial charge in [0.05, 0.1) is 6.07 Å². The van der Waals surface area contributed by atoms with Crippen LogP contribution in [0.15, 0.2) is 12.4 Å². The fourth-order valence-corrected chi connectivity index (χ4v) is 2.34. The topological polar surface area (TPSA) is 52.8 Å². The quantitative estimate of drug-likeness (QED) is 0.818. The third-order valence-electron chi connectivity index (χ3n) is 3.78. The van der Waals surface area contributed by atoms with Crippen LogP contribution in [-0.2, 0) is 5.41 Å². The molecule has 1 saturated heterocycles. The average molecular weight is 258 g/mol. The lowest BCUT2D eigenvalue weighted by Crippen LogP contribution is -2.34. The predicted octanol–water partition coefficient (Wildman–Crippen LogP) is 2.90. The van der Waals surface area contributed by atoms with E-state index >= 15 is 0 Å². The van der Waals surface area contributed by atoms with E-state index in [0.29, 0.717) is 12.3 Å². The number of aromatic nitrogens is 2. The van der Waals surface area contributed by atoms with Crippen LogP contribution in [0, 0.1) is 17.2 Å². The smallest absolute Gasteiger partial charge is 0.225 e. The highest BCUT2D eigenvalue weighted by molar-refractivity contribution is 5.31. The van der Waals surface area contributed by atoms with Gasteiger partial charge in [0, 0.05) is 31.9 Å². The fraction of sp³-hybridized carbons (Fsp3) is 0.667. The van der Waals surface area contributed by atoms with Crippen molar-refractivity contribution in [1.29, 1.82) is 5.26 Å². The molecule has 0 saturated carbocycles. The van der Waals surface area contributed by atoms with Crippen molar-refractivity contribution in [3.05, 3.63) is 18.0 Å². The molecule has 2 heterocycles. The molecule has 1 aromatic rings. The second-order valence-corrected chi connectivity index (χ2v) is 6.31. The van der Waals surface area contributed by atoms with Crippen molar-refractivity contribution in [3.63, 3.8) is 0 Å². The summed E-state index contributed by atoms with van der Waals surface area (Å²) in [4.78, 5) is 11.2. The van der Waals surface area contributed by atoms with E-state index in [4.69, 9.17) is 5.26 Å². The number of nitriles is 1. The zero-order chi connectivity index (χ0) is 13.9. The van der Waals surface area contributed by atoms with E-state index in [1.54, 1.807) is 0 Å². The van der Waals surface area contributed by atoms with Crippen LogP contribution in [0.5, 0.6) is 0 Å². The highest BCUT2D eigenvalue weighted by Crippen LogP contribution is 2.24. The minimum atomic E-state index is 0.0956. The van der Waals surface area contributed by atoms with Gasteiger partial charge in [-0.2, -0.15) is 5.26 Å². The summed E-state index contributed by atoms with van der Waals surface area (Å²) in [6.07, 6.45) is 6.68. The van der Waals surface area contributed by atoms with Crippen molar-refractivity contribution in [1.82, 2.24) is 9.97 Å². The summed E-state index contributed by atoms with van der Waals surface area (Å²) < 4.78 is 0. The molecule has 1 aliphatic heterocycles. The first-order valence-electron chi connectivity index (χ1n) is 6.95. The Labute approximate surface area is 115 Å². The van der Waals surface area contributed by atoms with E-state index in [9.17, 15) is 0 Å². The van der Waals surface area contributed by atoms with Gasteiger partial charge in [0.2, 0.25) is 5.95 Å². The molecule has 0 N–H and O–H groups in total. The average Bonchev–Trinajstić information content (AvgIpc) is 2.39. The lowest BCUT2D eigenvalue weighted by atomic mass is 9.89. The normalized spacial score (nSPS) is 17.3. The number of rotatable bonds is 2. The summed E-state index contributed by atoms with van der Waals surface area (Å²) in [6.45, 7) is 8.42. The van der Waals surface area contributed by atoms with Crippen molar-refractivity contribution < 1.29 is 0 Å². The second-order valence-electron chi connectivity index (χ2n) is 6.31. The predicted molar refractivity (Wildman–Crippen MR) is 75.9 cm³/mol. The van der Waals surface area contributed by atoms with Crippen molar-refractivity contribution in [2.24, 2.45) is 5.92 Å². The minimum Gasteiger partial charge on any atom is -0.341 e. The van der Waals surface area contributed by atoms with Gasteiger partial charge in [-0.15, -0.1) is 0 Å². The van der Waals surface area contributed by atoms with Gasteiger partial charge in [-0.1, -0.05) is 20.8 Å². The molecular formula is C15H22N4. The molecular weight excluding hydrogens is 236 g/mol. The van der Waals surface area contributed by atoms with Crippen molar-refractivity contribution in [3.8, 4) is 6.07 Å². The van der Waals surface area contributed by atoms with Crippen LogP contribution in [-0.4, -0.2) is 23.1 Å². The molecule has 19 heavy (non-hydrogen) atoms. The Bertz CT molecular complexity index is 445. The maximum atomic E-state index is 8.72. The molecule has 2 rings (SSSR count). The summed E-state index contributed by atoms with van der Waals surface area (Å²) in [6, 6.07) is 2.27. The summed E-state index contributed by atoms with van der Waals surface area (Å²) in [7, 11) is 0. The standard InChI is InChI=1S/C15H22N4/c1-15(2,3)13-10-17-14(18-11-13)19-8-5-12(4-7-16)6-9-19/h10-12H,4-6,8-9H2,1-3H3. The number of hydrogen-bond donors (Lipinski definition) is 0. The SMILES string of the molecule is CC(C)(C)c1cnc(N2CCC(CC#N)CC2)nc1. The van der Waals surface area contributed by atoms with E-state index in [0.717, 1.165) is 37.4 Å². The molecule has 0 amide bonds. The van der Waals surface area contributed by atoms with Crippen molar-refractivity contribution >= 4 is 5.95 Å². The molecule has 0 aliphatic carbocycles. The van der Waals surface area contributed by atoms with Gasteiger partial charge in [0.1, 0.15) is 0 Å². The summed E-state index contributed by atoms with van der Waals surface area (Å²) in [5.41, 5.74) is 1.26. The Kier molecular flexibility index (Phi) is 4.04. The van der Waals surface area contributed by atoms with Gasteiger partial charge in [0.25, 0.3) is 0 Å². The van der Waals surface area contributed by atoms with Gasteiger partial charge >= 0.3 is 0 Å². The van der Waals surface area contributed by atoms with Crippen LogP contribution in [0.25, 0.3) is 0 Å². The lowest BCUT2D eigenvalue weighted by molar-refractivity contribution is 0.409. The number of piperidine rings is 1. The van der Waals surface area contributed by atoms with Crippen LogP contribution >= 0.6 is 0 Å². The molecule has 0 spiro atoms. The maximum Gasteiger partial charge on any atom is 0.225 e. The monoisotopic (exact) mass is 258 g/mol. The van der Waals surface area contributed by atoms with Crippen LogP contribution in [0.3, 0.4) is 0 Å². The number of anilines is 1. The summed E-state index contributed by atoms with van der Waals surface area (Å²) >= 11 is 0. The second kappa shape index (κ2) is 5.56. The number of nitrogens with zero attached hydrogens (tertiary/aromatic N) is 4. The van der Waals surface area contributed by atoms with Crippen molar-refractivity contribution in [2.75, 3.05) is 18.0 Å². The first-order chi connectivity index (χ1) is 9.00. The first-order valence-corrected chi connectivity index (χ1v) is 6.95. The molecule has 0 aromatic carbocycles. The minimum absolute atomic E-state index is 0.0956. The van der Waals surface area contributed by atoms with Crippen LogP contribution in [0.4, 0.5) is 5.95 Å². The third kappa shape index (κ3) is 3.44. The summed E-state index contributed by atoms with van der Waals surface area (Å²) in [5.74, 6) is 1.37. The van der Waals surface area contributed by atoms with E-state index < -0.39 is 0 Å². The third-order valence-corrected chi connectivity index (χ3v) is 3.78. The number of hydrogen-bond acceptors (Lipinski definition) is 4. The Morgan fingerprint density at radius 1 is 1.26 bits per heavy atom. The zero-order valence-electron chi connectivity index (χ0n) is 12.1. The molecule has 4 heteroatoms. The first kappa shape index (κ1) is 13.8. The van der Waals surface area contributed by atoms with Crippen LogP contribution < -0.4 is 4.90 Å². The van der Waals surface area contributed by atoms with E-state index in [1.807, 2.05) is 12.4 Å². The molecule has 0 atom stereocenters. The molecule has 0 unspecified atom stereocenters.